The number of benzene rings is 1. The smallest absolute Gasteiger partial charge is 0.242 e. The van der Waals surface area contributed by atoms with Gasteiger partial charge in [0.15, 0.2) is 11.5 Å². The van der Waals surface area contributed by atoms with Gasteiger partial charge in [0.25, 0.3) is 0 Å². The molecular formula is C23H30N2O5S. The predicted octanol–water partition coefficient (Wildman–Crippen LogP) is 3.59. The molecule has 0 unspecified atom stereocenters. The highest BCUT2D eigenvalue weighted by Gasteiger charge is 2.22. The van der Waals surface area contributed by atoms with Crippen LogP contribution in [0.15, 0.2) is 29.6 Å². The van der Waals surface area contributed by atoms with Crippen molar-refractivity contribution in [3.05, 3.63) is 45.6 Å². The molecule has 168 valence electrons. The van der Waals surface area contributed by atoms with Crippen LogP contribution in [0.5, 0.6) is 11.5 Å². The van der Waals surface area contributed by atoms with E-state index in [9.17, 15) is 9.59 Å². The molecule has 2 amide bonds. The topological polar surface area (TPSA) is 68.3 Å². The zero-order valence-corrected chi connectivity index (χ0v) is 19.2. The molecule has 3 rings (SSSR count). The SMILES string of the molecule is CCOCCCN(CC(=O)N(Cc1ccc2c(c1)OCO2)Cc1sccc1C)C(C)=O. The molecule has 1 aliphatic heterocycles. The van der Waals surface area contributed by atoms with E-state index < -0.39 is 0 Å². The number of thiophene rings is 1. The molecule has 2 heterocycles. The first-order chi connectivity index (χ1) is 15.0. The second kappa shape index (κ2) is 11.2. The minimum atomic E-state index is -0.111. The summed E-state index contributed by atoms with van der Waals surface area (Å²) in [5.41, 5.74) is 2.12. The first-order valence-electron chi connectivity index (χ1n) is 10.5. The Kier molecular flexibility index (Phi) is 8.31. The summed E-state index contributed by atoms with van der Waals surface area (Å²) in [6, 6.07) is 7.78. The molecule has 31 heavy (non-hydrogen) atoms. The molecular weight excluding hydrogens is 416 g/mol. The van der Waals surface area contributed by atoms with E-state index in [2.05, 4.69) is 6.07 Å². The van der Waals surface area contributed by atoms with Crippen LogP contribution in [-0.4, -0.2) is 54.7 Å². The van der Waals surface area contributed by atoms with E-state index in [-0.39, 0.29) is 25.2 Å². The first kappa shape index (κ1) is 23.1. The maximum absolute atomic E-state index is 13.3. The molecule has 0 radical (unpaired) electrons. The maximum atomic E-state index is 13.3. The summed E-state index contributed by atoms with van der Waals surface area (Å²) >= 11 is 1.63. The van der Waals surface area contributed by atoms with Crippen LogP contribution in [0.3, 0.4) is 0 Å². The highest BCUT2D eigenvalue weighted by Crippen LogP contribution is 2.33. The lowest BCUT2D eigenvalue weighted by Crippen LogP contribution is -2.42. The van der Waals surface area contributed by atoms with Crippen molar-refractivity contribution >= 4 is 23.2 Å². The van der Waals surface area contributed by atoms with Gasteiger partial charge in [-0.1, -0.05) is 6.07 Å². The second-order valence-corrected chi connectivity index (χ2v) is 8.46. The summed E-state index contributed by atoms with van der Waals surface area (Å²) in [7, 11) is 0. The number of hydrogen-bond acceptors (Lipinski definition) is 6. The lowest BCUT2D eigenvalue weighted by Gasteiger charge is -2.27. The van der Waals surface area contributed by atoms with Gasteiger partial charge in [-0.25, -0.2) is 0 Å². The fraction of sp³-hybridized carbons (Fsp3) is 0.478. The number of amides is 2. The van der Waals surface area contributed by atoms with E-state index in [1.807, 2.05) is 37.4 Å². The molecule has 0 bridgehead atoms. The molecule has 1 aromatic heterocycles. The van der Waals surface area contributed by atoms with Gasteiger partial charge in [0.1, 0.15) is 0 Å². The normalized spacial score (nSPS) is 12.1. The number of carbonyl (C=O) groups is 2. The van der Waals surface area contributed by atoms with Gasteiger partial charge in [-0.3, -0.25) is 9.59 Å². The van der Waals surface area contributed by atoms with Gasteiger partial charge in [0.2, 0.25) is 18.6 Å². The van der Waals surface area contributed by atoms with Crippen LogP contribution in [0.4, 0.5) is 0 Å². The molecule has 0 N–H and O–H groups in total. The van der Waals surface area contributed by atoms with Crippen LogP contribution < -0.4 is 9.47 Å². The molecule has 0 atom stereocenters. The van der Waals surface area contributed by atoms with Gasteiger partial charge in [-0.05, 0) is 55.0 Å². The van der Waals surface area contributed by atoms with Crippen molar-refractivity contribution in [3.63, 3.8) is 0 Å². The van der Waals surface area contributed by atoms with Gasteiger partial charge >= 0.3 is 0 Å². The van der Waals surface area contributed by atoms with E-state index in [0.717, 1.165) is 16.0 Å². The van der Waals surface area contributed by atoms with E-state index in [0.29, 0.717) is 50.8 Å². The molecule has 0 saturated heterocycles. The van der Waals surface area contributed by atoms with Gasteiger partial charge in [-0.15, -0.1) is 11.3 Å². The minimum Gasteiger partial charge on any atom is -0.454 e. The van der Waals surface area contributed by atoms with Crippen LogP contribution >= 0.6 is 11.3 Å². The number of ether oxygens (including phenoxy) is 3. The predicted molar refractivity (Wildman–Crippen MR) is 119 cm³/mol. The molecule has 7 nitrogen and oxygen atoms in total. The van der Waals surface area contributed by atoms with Crippen LogP contribution in [0.25, 0.3) is 0 Å². The van der Waals surface area contributed by atoms with Crippen molar-refractivity contribution in [3.8, 4) is 11.5 Å². The summed E-state index contributed by atoms with van der Waals surface area (Å²) in [5, 5.41) is 2.03. The van der Waals surface area contributed by atoms with Crippen LogP contribution in [-0.2, 0) is 27.4 Å². The van der Waals surface area contributed by atoms with Crippen molar-refractivity contribution in [2.45, 2.75) is 40.3 Å². The summed E-state index contributed by atoms with van der Waals surface area (Å²) in [5.74, 6) is 1.21. The van der Waals surface area contributed by atoms with Crippen molar-refractivity contribution in [1.29, 1.82) is 0 Å². The third-order valence-corrected chi connectivity index (χ3v) is 6.17. The largest absolute Gasteiger partial charge is 0.454 e. The van der Waals surface area contributed by atoms with Crippen LogP contribution in [0, 0.1) is 6.92 Å². The average molecular weight is 447 g/mol. The van der Waals surface area contributed by atoms with Gasteiger partial charge in [-0.2, -0.15) is 0 Å². The molecule has 1 aromatic carbocycles. The Morgan fingerprint density at radius 1 is 1.13 bits per heavy atom. The Morgan fingerprint density at radius 3 is 2.65 bits per heavy atom. The van der Waals surface area contributed by atoms with Crippen LogP contribution in [0.1, 0.15) is 36.3 Å². The zero-order chi connectivity index (χ0) is 22.2. The minimum absolute atomic E-state index is 0.0520. The molecule has 0 fully saturated rings. The number of aryl methyl sites for hydroxylation is 1. The van der Waals surface area contributed by atoms with Gasteiger partial charge < -0.3 is 24.0 Å². The van der Waals surface area contributed by atoms with E-state index in [1.165, 1.54) is 6.92 Å². The Labute approximate surface area is 187 Å². The Morgan fingerprint density at radius 2 is 1.94 bits per heavy atom. The second-order valence-electron chi connectivity index (χ2n) is 7.46. The summed E-state index contributed by atoms with van der Waals surface area (Å²) in [6.45, 7) is 8.39. The monoisotopic (exact) mass is 446 g/mol. The Balaban J connectivity index is 1.72. The number of hydrogen-bond donors (Lipinski definition) is 0. The third-order valence-electron chi connectivity index (χ3n) is 5.16. The van der Waals surface area contributed by atoms with Crippen molar-refractivity contribution < 1.29 is 23.8 Å². The van der Waals surface area contributed by atoms with Gasteiger partial charge in [0.05, 0.1) is 13.1 Å². The van der Waals surface area contributed by atoms with E-state index >= 15 is 0 Å². The molecule has 8 heteroatoms. The molecule has 2 aromatic rings. The summed E-state index contributed by atoms with van der Waals surface area (Å²) in [4.78, 5) is 29.9. The summed E-state index contributed by atoms with van der Waals surface area (Å²) in [6.07, 6.45) is 0.701. The quantitative estimate of drug-likeness (QED) is 0.494. The lowest BCUT2D eigenvalue weighted by molar-refractivity contribution is -0.140. The number of carbonyl (C=O) groups excluding carboxylic acids is 2. The molecule has 0 aliphatic carbocycles. The number of fused-ring (bicyclic) bond motifs is 1. The number of rotatable bonds is 11. The van der Waals surface area contributed by atoms with Crippen molar-refractivity contribution in [2.75, 3.05) is 33.1 Å². The molecule has 0 saturated carbocycles. The molecule has 1 aliphatic rings. The average Bonchev–Trinajstić information content (AvgIpc) is 3.38. The molecule has 0 spiro atoms. The zero-order valence-electron chi connectivity index (χ0n) is 18.4. The highest BCUT2D eigenvalue weighted by atomic mass is 32.1. The fourth-order valence-electron chi connectivity index (χ4n) is 3.34. The Hall–Kier alpha value is -2.58. The summed E-state index contributed by atoms with van der Waals surface area (Å²) < 4.78 is 16.2. The lowest BCUT2D eigenvalue weighted by atomic mass is 10.1. The van der Waals surface area contributed by atoms with Crippen molar-refractivity contribution in [2.24, 2.45) is 0 Å². The first-order valence-corrected chi connectivity index (χ1v) is 11.4. The van der Waals surface area contributed by atoms with Crippen molar-refractivity contribution in [1.82, 2.24) is 9.80 Å². The van der Waals surface area contributed by atoms with Crippen LogP contribution in [0.2, 0.25) is 0 Å². The van der Waals surface area contributed by atoms with E-state index in [4.69, 9.17) is 14.2 Å². The third kappa shape index (κ3) is 6.45. The Bertz CT molecular complexity index is 898. The standard InChI is InChI=1S/C23H30N2O5S/c1-4-28-10-5-9-24(18(3)26)15-23(27)25(14-22-17(2)8-11-31-22)13-19-6-7-20-21(12-19)30-16-29-20/h6-8,11-12H,4-5,9-10,13-16H2,1-3H3. The fourth-order valence-corrected chi connectivity index (χ4v) is 4.27. The van der Waals surface area contributed by atoms with Gasteiger partial charge in [0, 0.05) is 38.1 Å². The maximum Gasteiger partial charge on any atom is 0.242 e. The highest BCUT2D eigenvalue weighted by molar-refractivity contribution is 7.10. The van der Waals surface area contributed by atoms with E-state index in [1.54, 1.807) is 21.1 Å². The number of nitrogens with zero attached hydrogens (tertiary/aromatic N) is 2.